The van der Waals surface area contributed by atoms with Gasteiger partial charge in [0.1, 0.15) is 10.0 Å². The molecule has 2 aromatic carbocycles. The number of sulfonamides is 1. The summed E-state index contributed by atoms with van der Waals surface area (Å²) in [5.41, 5.74) is 2.41. The highest BCUT2D eigenvalue weighted by Crippen LogP contribution is 2.30. The van der Waals surface area contributed by atoms with E-state index in [0.29, 0.717) is 16.3 Å². The van der Waals surface area contributed by atoms with Crippen LogP contribution in [0.5, 0.6) is 0 Å². The Morgan fingerprint density at radius 3 is 3.00 bits per heavy atom. The number of hydrogen-bond acceptors (Lipinski definition) is 6. The second-order valence-electron chi connectivity index (χ2n) is 8.39. The SMILES string of the molecule is Cc1ccc2sc(S(=O)(=O)NC3CCN(CCCc4noc5cc(F)ccc45)C3)cc2c1. The number of hydrogen-bond donors (Lipinski definition) is 1. The largest absolute Gasteiger partial charge is 0.356 e. The highest BCUT2D eigenvalue weighted by Gasteiger charge is 2.28. The van der Waals surface area contributed by atoms with E-state index in [1.807, 2.05) is 25.1 Å². The molecule has 1 unspecified atom stereocenters. The Morgan fingerprint density at radius 2 is 2.12 bits per heavy atom. The molecule has 168 valence electrons. The van der Waals surface area contributed by atoms with E-state index in [1.165, 1.54) is 23.5 Å². The quantitative estimate of drug-likeness (QED) is 0.429. The molecule has 0 amide bonds. The molecule has 5 rings (SSSR count). The fourth-order valence-corrected chi connectivity index (χ4v) is 6.95. The summed E-state index contributed by atoms with van der Waals surface area (Å²) in [4.78, 5) is 2.27. The standard InChI is InChI=1S/C23H24FN3O3S2/c1-15-4-7-22-16(11-15)12-23(31-22)32(28,29)26-18-8-10-27(14-18)9-2-3-20-19-6-5-17(24)13-21(19)30-25-20/h4-7,11-13,18,26H,2-3,8-10,14H2,1H3. The summed E-state index contributed by atoms with van der Waals surface area (Å²) in [5.74, 6) is -0.337. The maximum absolute atomic E-state index is 13.3. The lowest BCUT2D eigenvalue weighted by atomic mass is 10.1. The van der Waals surface area contributed by atoms with Crippen LogP contribution in [0.3, 0.4) is 0 Å². The Balaban J connectivity index is 1.16. The number of likely N-dealkylation sites (tertiary alicyclic amines) is 1. The molecule has 2 aromatic heterocycles. The molecule has 0 saturated carbocycles. The molecule has 6 nitrogen and oxygen atoms in total. The molecular formula is C23H24FN3O3S2. The minimum atomic E-state index is -3.54. The van der Waals surface area contributed by atoms with Crippen LogP contribution in [-0.2, 0) is 16.4 Å². The van der Waals surface area contributed by atoms with Crippen molar-refractivity contribution in [3.8, 4) is 0 Å². The van der Waals surface area contributed by atoms with Gasteiger partial charge in [-0.3, -0.25) is 0 Å². The molecule has 0 aliphatic carbocycles. The van der Waals surface area contributed by atoms with Gasteiger partial charge in [0.25, 0.3) is 0 Å². The van der Waals surface area contributed by atoms with Crippen molar-refractivity contribution in [2.45, 2.75) is 36.4 Å². The summed E-state index contributed by atoms with van der Waals surface area (Å²) in [6, 6.07) is 12.1. The zero-order valence-electron chi connectivity index (χ0n) is 17.7. The average Bonchev–Trinajstić information content (AvgIpc) is 3.46. The van der Waals surface area contributed by atoms with Crippen molar-refractivity contribution < 1.29 is 17.3 Å². The average molecular weight is 474 g/mol. The van der Waals surface area contributed by atoms with Crippen LogP contribution in [0.1, 0.15) is 24.1 Å². The third-order valence-electron chi connectivity index (χ3n) is 5.90. The first-order valence-corrected chi connectivity index (χ1v) is 13.0. The molecule has 0 bridgehead atoms. The molecule has 1 atom stereocenters. The summed E-state index contributed by atoms with van der Waals surface area (Å²) < 4.78 is 48.5. The van der Waals surface area contributed by atoms with Crippen LogP contribution < -0.4 is 4.72 Å². The molecule has 9 heteroatoms. The molecule has 1 saturated heterocycles. The number of benzene rings is 2. The number of thiophene rings is 1. The van der Waals surface area contributed by atoms with Crippen LogP contribution in [0.15, 0.2) is 51.2 Å². The maximum atomic E-state index is 13.3. The molecule has 32 heavy (non-hydrogen) atoms. The number of aromatic nitrogens is 1. The normalized spacial score (nSPS) is 17.6. The number of halogens is 1. The van der Waals surface area contributed by atoms with Crippen LogP contribution in [-0.4, -0.2) is 44.2 Å². The lowest BCUT2D eigenvalue weighted by Crippen LogP contribution is -2.36. The van der Waals surface area contributed by atoms with Gasteiger partial charge < -0.3 is 9.42 Å². The van der Waals surface area contributed by atoms with Gasteiger partial charge in [-0.05, 0) is 68.9 Å². The third kappa shape index (κ3) is 4.43. The highest BCUT2D eigenvalue weighted by atomic mass is 32.2. The van der Waals surface area contributed by atoms with Crippen molar-refractivity contribution in [1.82, 2.24) is 14.8 Å². The van der Waals surface area contributed by atoms with E-state index in [1.54, 1.807) is 12.1 Å². The van der Waals surface area contributed by atoms with E-state index in [-0.39, 0.29) is 11.9 Å². The molecule has 0 spiro atoms. The van der Waals surface area contributed by atoms with Crippen LogP contribution in [0, 0.1) is 12.7 Å². The zero-order valence-corrected chi connectivity index (χ0v) is 19.3. The summed E-state index contributed by atoms with van der Waals surface area (Å²) in [6.45, 7) is 4.38. The van der Waals surface area contributed by atoms with Crippen molar-refractivity contribution in [2.75, 3.05) is 19.6 Å². The summed E-state index contributed by atoms with van der Waals surface area (Å²) >= 11 is 1.31. The Bertz CT molecular complexity index is 1380. The maximum Gasteiger partial charge on any atom is 0.250 e. The van der Waals surface area contributed by atoms with Gasteiger partial charge in [0, 0.05) is 28.7 Å². The van der Waals surface area contributed by atoms with Crippen molar-refractivity contribution in [3.63, 3.8) is 0 Å². The fraction of sp³-hybridized carbons (Fsp3) is 0.348. The zero-order chi connectivity index (χ0) is 22.3. The molecular weight excluding hydrogens is 449 g/mol. The monoisotopic (exact) mass is 473 g/mol. The van der Waals surface area contributed by atoms with E-state index < -0.39 is 10.0 Å². The number of aryl methyl sites for hydroxylation is 2. The summed E-state index contributed by atoms with van der Waals surface area (Å²) in [6.07, 6.45) is 2.39. The van der Waals surface area contributed by atoms with Crippen molar-refractivity contribution >= 4 is 42.4 Å². The first-order valence-electron chi connectivity index (χ1n) is 10.7. The first-order chi connectivity index (χ1) is 15.4. The Morgan fingerprint density at radius 1 is 1.25 bits per heavy atom. The van der Waals surface area contributed by atoms with Gasteiger partial charge in [0.05, 0.1) is 5.69 Å². The second-order valence-corrected chi connectivity index (χ2v) is 11.4. The van der Waals surface area contributed by atoms with Crippen molar-refractivity contribution in [3.05, 3.63) is 59.5 Å². The molecule has 3 heterocycles. The van der Waals surface area contributed by atoms with Crippen molar-refractivity contribution in [1.29, 1.82) is 0 Å². The predicted molar refractivity (Wildman–Crippen MR) is 124 cm³/mol. The van der Waals surface area contributed by atoms with Gasteiger partial charge >= 0.3 is 0 Å². The van der Waals surface area contributed by atoms with Crippen LogP contribution in [0.4, 0.5) is 4.39 Å². The van der Waals surface area contributed by atoms with Crippen LogP contribution >= 0.6 is 11.3 Å². The minimum absolute atomic E-state index is 0.0946. The molecule has 4 aromatic rings. The predicted octanol–water partition coefficient (Wildman–Crippen LogP) is 4.48. The van der Waals surface area contributed by atoms with Crippen molar-refractivity contribution in [2.24, 2.45) is 0 Å². The van der Waals surface area contributed by atoms with Gasteiger partial charge in [0.2, 0.25) is 10.0 Å². The van der Waals surface area contributed by atoms with E-state index >= 15 is 0 Å². The van der Waals surface area contributed by atoms with Gasteiger partial charge in [-0.1, -0.05) is 22.9 Å². The van der Waals surface area contributed by atoms with E-state index in [9.17, 15) is 12.8 Å². The Labute approximate surface area is 190 Å². The molecule has 0 radical (unpaired) electrons. The number of rotatable bonds is 7. The lowest BCUT2D eigenvalue weighted by Gasteiger charge is -2.16. The lowest BCUT2D eigenvalue weighted by molar-refractivity contribution is 0.326. The molecule has 1 N–H and O–H groups in total. The van der Waals surface area contributed by atoms with E-state index in [2.05, 4.69) is 14.8 Å². The number of nitrogens with one attached hydrogen (secondary N) is 1. The van der Waals surface area contributed by atoms with Crippen LogP contribution in [0.2, 0.25) is 0 Å². The van der Waals surface area contributed by atoms with E-state index in [0.717, 1.165) is 59.1 Å². The Kier molecular flexibility index (Phi) is 5.75. The summed E-state index contributed by atoms with van der Waals surface area (Å²) in [5, 5.41) is 5.88. The summed E-state index contributed by atoms with van der Waals surface area (Å²) in [7, 11) is -3.54. The number of nitrogens with zero attached hydrogens (tertiary/aromatic N) is 2. The third-order valence-corrected chi connectivity index (χ3v) is 9.02. The first kappa shape index (κ1) is 21.5. The Hall–Kier alpha value is -2.33. The number of fused-ring (bicyclic) bond motifs is 2. The van der Waals surface area contributed by atoms with Gasteiger partial charge in [-0.15, -0.1) is 11.3 Å². The van der Waals surface area contributed by atoms with Gasteiger partial charge in [-0.2, -0.15) is 0 Å². The molecule has 1 aliphatic rings. The molecule has 1 fully saturated rings. The molecule has 1 aliphatic heterocycles. The smallest absolute Gasteiger partial charge is 0.250 e. The van der Waals surface area contributed by atoms with Gasteiger partial charge in [0.15, 0.2) is 5.58 Å². The minimum Gasteiger partial charge on any atom is -0.356 e. The second kappa shape index (κ2) is 8.55. The van der Waals surface area contributed by atoms with Crippen LogP contribution in [0.25, 0.3) is 21.1 Å². The fourth-order valence-electron chi connectivity index (χ4n) is 4.29. The highest BCUT2D eigenvalue weighted by molar-refractivity contribution is 7.91. The topological polar surface area (TPSA) is 75.4 Å². The van der Waals surface area contributed by atoms with Gasteiger partial charge in [-0.25, -0.2) is 17.5 Å². The van der Waals surface area contributed by atoms with E-state index in [4.69, 9.17) is 4.52 Å².